The highest BCUT2D eigenvalue weighted by Gasteiger charge is 2.19. The zero-order valence-electron chi connectivity index (χ0n) is 14.6. The molecule has 7 nitrogen and oxygen atoms in total. The molecule has 0 saturated heterocycles. The van der Waals surface area contributed by atoms with E-state index in [2.05, 4.69) is 54.4 Å². The lowest BCUT2D eigenvalue weighted by atomic mass is 10.2. The van der Waals surface area contributed by atoms with Gasteiger partial charge in [-0.3, -0.25) is 9.55 Å². The van der Waals surface area contributed by atoms with Crippen molar-refractivity contribution < 1.29 is 0 Å². The minimum absolute atomic E-state index is 0.629. The van der Waals surface area contributed by atoms with Crippen LogP contribution in [0.1, 0.15) is 11.3 Å². The summed E-state index contributed by atoms with van der Waals surface area (Å²) in [6.45, 7) is 4.14. The molecule has 0 fully saturated rings. The fourth-order valence-corrected chi connectivity index (χ4v) is 3.49. The molecule has 8 heteroatoms. The number of aromatic nitrogens is 7. The molecule has 5 rings (SSSR count). The van der Waals surface area contributed by atoms with Gasteiger partial charge in [0.05, 0.1) is 5.39 Å². The van der Waals surface area contributed by atoms with Gasteiger partial charge in [0.1, 0.15) is 12.1 Å². The van der Waals surface area contributed by atoms with E-state index in [4.69, 9.17) is 4.98 Å². The van der Waals surface area contributed by atoms with Gasteiger partial charge in [-0.2, -0.15) is 0 Å². The molecule has 0 radical (unpaired) electrons. The van der Waals surface area contributed by atoms with Gasteiger partial charge in [-0.1, -0.05) is 0 Å². The number of hydrogen-bond acceptors (Lipinski definition) is 5. The maximum atomic E-state index is 4.76. The van der Waals surface area contributed by atoms with Gasteiger partial charge in [0.25, 0.3) is 0 Å². The van der Waals surface area contributed by atoms with Crippen molar-refractivity contribution in [2.45, 2.75) is 13.8 Å². The van der Waals surface area contributed by atoms with Gasteiger partial charge in [0.2, 0.25) is 0 Å². The van der Waals surface area contributed by atoms with Crippen LogP contribution in [0.3, 0.4) is 0 Å². The summed E-state index contributed by atoms with van der Waals surface area (Å²) >= 11 is 3.43. The zero-order chi connectivity index (χ0) is 18.5. The summed E-state index contributed by atoms with van der Waals surface area (Å²) in [5, 5.41) is 5.54. The van der Waals surface area contributed by atoms with Crippen LogP contribution in [0.4, 0.5) is 0 Å². The van der Waals surface area contributed by atoms with E-state index in [0.717, 1.165) is 43.8 Å². The fourth-order valence-electron chi connectivity index (χ4n) is 3.26. The molecule has 5 heterocycles. The van der Waals surface area contributed by atoms with Gasteiger partial charge >= 0.3 is 0 Å². The lowest BCUT2D eigenvalue weighted by Gasteiger charge is -2.06. The normalized spacial score (nSPS) is 11.5. The monoisotopic (exact) mass is 419 g/mol. The number of pyridine rings is 2. The summed E-state index contributed by atoms with van der Waals surface area (Å²) in [5.41, 5.74) is 4.65. The highest BCUT2D eigenvalue weighted by Crippen LogP contribution is 2.30. The van der Waals surface area contributed by atoms with Crippen LogP contribution < -0.4 is 0 Å². The Bertz CT molecular complexity index is 1290. The lowest BCUT2D eigenvalue weighted by Crippen LogP contribution is -2.01. The first-order valence-corrected chi connectivity index (χ1v) is 9.18. The van der Waals surface area contributed by atoms with Crippen molar-refractivity contribution in [2.24, 2.45) is 0 Å². The number of nitrogens with zero attached hydrogens (tertiary/aromatic N) is 7. The van der Waals surface area contributed by atoms with E-state index in [1.807, 2.05) is 24.3 Å². The molecule has 0 aliphatic heterocycles. The van der Waals surface area contributed by atoms with Gasteiger partial charge < -0.3 is 0 Å². The molecule has 0 atom stereocenters. The van der Waals surface area contributed by atoms with Crippen molar-refractivity contribution in [1.29, 1.82) is 0 Å². The predicted octanol–water partition coefficient (Wildman–Crippen LogP) is 3.90. The summed E-state index contributed by atoms with van der Waals surface area (Å²) in [6, 6.07) is 7.76. The summed E-state index contributed by atoms with van der Waals surface area (Å²) in [5.74, 6) is 1.45. The van der Waals surface area contributed by atoms with Gasteiger partial charge in [-0.25, -0.2) is 19.5 Å². The Balaban J connectivity index is 1.80. The molecular formula is C19H14BrN7. The third kappa shape index (κ3) is 2.44. The molecule has 0 saturated carbocycles. The van der Waals surface area contributed by atoms with Crippen molar-refractivity contribution in [3.05, 3.63) is 64.9 Å². The molecule has 5 aromatic rings. The summed E-state index contributed by atoms with van der Waals surface area (Å²) < 4.78 is 4.71. The Kier molecular flexibility index (Phi) is 3.54. The first kappa shape index (κ1) is 16.1. The van der Waals surface area contributed by atoms with Crippen LogP contribution in [-0.2, 0) is 0 Å². The highest BCUT2D eigenvalue weighted by molar-refractivity contribution is 9.10. The van der Waals surface area contributed by atoms with E-state index in [0.29, 0.717) is 5.82 Å². The average Bonchev–Trinajstić information content (AvgIpc) is 3.23. The number of hydrogen-bond donors (Lipinski definition) is 0. The molecule has 132 valence electrons. The molecule has 0 unspecified atom stereocenters. The molecule has 0 spiro atoms. The standard InChI is InChI=1S/C19H14BrN7/c1-11-12(2)27(15-6-5-14(20)9-22-15)18-16(11)19-24-17(25-26(19)10-23-18)13-4-3-7-21-8-13/h3-10H,1-2H3. The second-order valence-corrected chi connectivity index (χ2v) is 7.18. The molecule has 5 aromatic heterocycles. The van der Waals surface area contributed by atoms with Crippen LogP contribution in [0.15, 0.2) is 53.7 Å². The summed E-state index contributed by atoms with van der Waals surface area (Å²) in [7, 11) is 0. The number of fused-ring (bicyclic) bond motifs is 3. The average molecular weight is 420 g/mol. The molecule has 27 heavy (non-hydrogen) atoms. The molecule has 0 bridgehead atoms. The summed E-state index contributed by atoms with van der Waals surface area (Å²) in [4.78, 5) is 18.1. The Morgan fingerprint density at radius 3 is 2.63 bits per heavy atom. The fraction of sp³-hybridized carbons (Fsp3) is 0.105. The van der Waals surface area contributed by atoms with Crippen molar-refractivity contribution >= 4 is 32.6 Å². The Hall–Kier alpha value is -3.13. The number of rotatable bonds is 2. The minimum Gasteiger partial charge on any atom is -0.282 e. The highest BCUT2D eigenvalue weighted by atomic mass is 79.9. The van der Waals surface area contributed by atoms with Crippen molar-refractivity contribution in [1.82, 2.24) is 34.1 Å². The van der Waals surface area contributed by atoms with Gasteiger partial charge in [-0.15, -0.1) is 5.10 Å². The van der Waals surface area contributed by atoms with Crippen LogP contribution in [-0.4, -0.2) is 34.1 Å². The molecule has 0 amide bonds. The molecule has 0 aromatic carbocycles. The largest absolute Gasteiger partial charge is 0.282 e. The minimum atomic E-state index is 0.629. The van der Waals surface area contributed by atoms with Gasteiger partial charge in [-0.05, 0) is 59.6 Å². The van der Waals surface area contributed by atoms with Gasteiger partial charge in [0.15, 0.2) is 17.1 Å². The second-order valence-electron chi connectivity index (χ2n) is 6.27. The van der Waals surface area contributed by atoms with Crippen LogP contribution in [0.25, 0.3) is 33.9 Å². The molecular weight excluding hydrogens is 406 g/mol. The zero-order valence-corrected chi connectivity index (χ0v) is 16.2. The quantitative estimate of drug-likeness (QED) is 0.433. The van der Waals surface area contributed by atoms with Gasteiger partial charge in [0, 0.05) is 34.3 Å². The van der Waals surface area contributed by atoms with Crippen LogP contribution in [0, 0.1) is 13.8 Å². The Morgan fingerprint density at radius 2 is 1.89 bits per heavy atom. The van der Waals surface area contributed by atoms with E-state index >= 15 is 0 Å². The molecule has 0 aliphatic rings. The van der Waals surface area contributed by atoms with Crippen molar-refractivity contribution in [3.63, 3.8) is 0 Å². The van der Waals surface area contributed by atoms with Crippen LogP contribution in [0.5, 0.6) is 0 Å². The first-order chi connectivity index (χ1) is 13.1. The maximum absolute atomic E-state index is 4.76. The van der Waals surface area contributed by atoms with Crippen LogP contribution in [0.2, 0.25) is 0 Å². The summed E-state index contributed by atoms with van der Waals surface area (Å²) in [6.07, 6.45) is 6.97. The second kappa shape index (κ2) is 5.95. The van der Waals surface area contributed by atoms with E-state index in [1.165, 1.54) is 0 Å². The molecule has 0 N–H and O–H groups in total. The number of halogens is 1. The Labute approximate surface area is 162 Å². The topological polar surface area (TPSA) is 73.8 Å². The van der Waals surface area contributed by atoms with Crippen molar-refractivity contribution in [2.75, 3.05) is 0 Å². The maximum Gasteiger partial charge on any atom is 0.183 e. The van der Waals surface area contributed by atoms with E-state index in [-0.39, 0.29) is 0 Å². The Morgan fingerprint density at radius 1 is 1.00 bits per heavy atom. The number of aryl methyl sites for hydroxylation is 1. The van der Waals surface area contributed by atoms with E-state index in [9.17, 15) is 0 Å². The smallest absolute Gasteiger partial charge is 0.183 e. The van der Waals surface area contributed by atoms with E-state index in [1.54, 1.807) is 29.4 Å². The third-order valence-corrected chi connectivity index (χ3v) is 5.16. The third-order valence-electron chi connectivity index (χ3n) is 4.69. The van der Waals surface area contributed by atoms with E-state index < -0.39 is 0 Å². The van der Waals surface area contributed by atoms with Crippen LogP contribution >= 0.6 is 15.9 Å². The molecule has 0 aliphatic carbocycles. The first-order valence-electron chi connectivity index (χ1n) is 8.39. The van der Waals surface area contributed by atoms with Crippen molar-refractivity contribution in [3.8, 4) is 17.2 Å². The predicted molar refractivity (Wildman–Crippen MR) is 106 cm³/mol. The lowest BCUT2D eigenvalue weighted by molar-refractivity contribution is 0.918. The SMILES string of the molecule is Cc1c(C)n(-c2ccc(Br)cn2)c2ncn3nc(-c4cccnc4)nc3c12.